The van der Waals surface area contributed by atoms with Gasteiger partial charge in [0.25, 0.3) is 0 Å². The van der Waals surface area contributed by atoms with Crippen molar-refractivity contribution in [1.29, 1.82) is 0 Å². The Morgan fingerprint density at radius 3 is 2.44 bits per heavy atom. The Kier molecular flexibility index (Phi) is 5.35. The Morgan fingerprint density at radius 2 is 1.81 bits per heavy atom. The second-order valence-corrected chi connectivity index (χ2v) is 6.70. The highest BCUT2D eigenvalue weighted by molar-refractivity contribution is 6.04. The molecule has 0 bridgehead atoms. The number of aryl methyl sites for hydroxylation is 2. The molecule has 2 aromatic carbocycles. The zero-order chi connectivity index (χ0) is 19.6. The van der Waals surface area contributed by atoms with Gasteiger partial charge in [0.15, 0.2) is 0 Å². The third-order valence-corrected chi connectivity index (χ3v) is 4.90. The molecule has 3 rings (SSSR count). The maximum atomic E-state index is 12.8. The summed E-state index contributed by atoms with van der Waals surface area (Å²) in [5, 5.41) is 2.99. The van der Waals surface area contributed by atoms with Gasteiger partial charge in [0.05, 0.1) is 25.8 Å². The summed E-state index contributed by atoms with van der Waals surface area (Å²) < 4.78 is 10.6. The van der Waals surface area contributed by atoms with E-state index in [-0.39, 0.29) is 18.2 Å². The van der Waals surface area contributed by atoms with Gasteiger partial charge in [0.2, 0.25) is 11.8 Å². The molecular formula is C21H24N2O4. The number of nitrogens with zero attached hydrogens (tertiary/aromatic N) is 1. The van der Waals surface area contributed by atoms with Crippen LogP contribution in [0.25, 0.3) is 0 Å². The van der Waals surface area contributed by atoms with E-state index < -0.39 is 5.92 Å². The van der Waals surface area contributed by atoms with Crippen molar-refractivity contribution in [3.05, 3.63) is 47.5 Å². The smallest absolute Gasteiger partial charge is 0.229 e. The average Bonchev–Trinajstić information content (AvgIpc) is 3.05. The second-order valence-electron chi connectivity index (χ2n) is 6.70. The fourth-order valence-corrected chi connectivity index (χ4v) is 3.36. The van der Waals surface area contributed by atoms with Gasteiger partial charge in [0.1, 0.15) is 11.5 Å². The maximum absolute atomic E-state index is 12.8. The molecule has 0 radical (unpaired) electrons. The van der Waals surface area contributed by atoms with Gasteiger partial charge in [-0.2, -0.15) is 0 Å². The van der Waals surface area contributed by atoms with Crippen molar-refractivity contribution >= 4 is 23.2 Å². The number of rotatable bonds is 5. The van der Waals surface area contributed by atoms with Gasteiger partial charge in [0, 0.05) is 24.7 Å². The Balaban J connectivity index is 1.78. The number of methoxy groups -OCH3 is 2. The molecule has 27 heavy (non-hydrogen) atoms. The number of benzene rings is 2. The molecule has 1 N–H and O–H groups in total. The summed E-state index contributed by atoms with van der Waals surface area (Å²) in [5.41, 5.74) is 3.46. The van der Waals surface area contributed by atoms with Crippen LogP contribution in [-0.2, 0) is 9.59 Å². The Morgan fingerprint density at radius 1 is 1.11 bits per heavy atom. The van der Waals surface area contributed by atoms with Crippen LogP contribution < -0.4 is 19.7 Å². The lowest BCUT2D eigenvalue weighted by molar-refractivity contribution is -0.122. The quantitative estimate of drug-likeness (QED) is 0.879. The number of anilines is 2. The van der Waals surface area contributed by atoms with Crippen molar-refractivity contribution < 1.29 is 19.1 Å². The van der Waals surface area contributed by atoms with Crippen molar-refractivity contribution in [2.24, 2.45) is 5.92 Å². The standard InChI is InChI=1S/C21H24N2O4/c1-13-6-5-7-14(2)20(13)22-21(25)15-10-19(24)23(12-15)17-9-8-16(26-3)11-18(17)27-4/h5-9,11,15H,10,12H2,1-4H3,(H,22,25)/t15-/m0/s1. The first-order valence-electron chi connectivity index (χ1n) is 8.84. The lowest BCUT2D eigenvalue weighted by Gasteiger charge is -2.20. The summed E-state index contributed by atoms with van der Waals surface area (Å²) >= 11 is 0. The zero-order valence-electron chi connectivity index (χ0n) is 16.0. The van der Waals surface area contributed by atoms with Crippen molar-refractivity contribution in [1.82, 2.24) is 0 Å². The van der Waals surface area contributed by atoms with E-state index in [0.29, 0.717) is 23.7 Å². The molecule has 0 aliphatic carbocycles. The molecule has 142 valence electrons. The van der Waals surface area contributed by atoms with E-state index in [2.05, 4.69) is 5.32 Å². The van der Waals surface area contributed by atoms with Crippen molar-refractivity contribution in [3.63, 3.8) is 0 Å². The lowest BCUT2D eigenvalue weighted by Crippen LogP contribution is -2.28. The Hall–Kier alpha value is -3.02. The van der Waals surface area contributed by atoms with Gasteiger partial charge in [-0.15, -0.1) is 0 Å². The molecular weight excluding hydrogens is 344 g/mol. The van der Waals surface area contributed by atoms with Crippen LogP contribution in [0.2, 0.25) is 0 Å². The molecule has 6 nitrogen and oxygen atoms in total. The summed E-state index contributed by atoms with van der Waals surface area (Å²) in [5.74, 6) is 0.532. The van der Waals surface area contributed by atoms with E-state index in [4.69, 9.17) is 9.47 Å². The molecule has 0 spiro atoms. The van der Waals surface area contributed by atoms with Gasteiger partial charge in [-0.1, -0.05) is 18.2 Å². The molecule has 1 aliphatic heterocycles. The van der Waals surface area contributed by atoms with E-state index in [0.717, 1.165) is 16.8 Å². The SMILES string of the molecule is COc1ccc(N2C[C@@H](C(=O)Nc3c(C)cccc3C)CC2=O)c(OC)c1. The molecule has 6 heteroatoms. The molecule has 1 aliphatic rings. The van der Waals surface area contributed by atoms with Crippen LogP contribution in [0.15, 0.2) is 36.4 Å². The highest BCUT2D eigenvalue weighted by atomic mass is 16.5. The minimum Gasteiger partial charge on any atom is -0.497 e. The normalized spacial score (nSPS) is 16.4. The predicted octanol–water partition coefficient (Wildman–Crippen LogP) is 3.31. The molecule has 0 saturated carbocycles. The van der Waals surface area contributed by atoms with E-state index in [1.807, 2.05) is 32.0 Å². The molecule has 2 aromatic rings. The van der Waals surface area contributed by atoms with E-state index in [1.165, 1.54) is 0 Å². The fraction of sp³-hybridized carbons (Fsp3) is 0.333. The van der Waals surface area contributed by atoms with Gasteiger partial charge in [-0.05, 0) is 37.1 Å². The van der Waals surface area contributed by atoms with Crippen molar-refractivity contribution in [2.45, 2.75) is 20.3 Å². The summed E-state index contributed by atoms with van der Waals surface area (Å²) in [4.78, 5) is 26.9. The second kappa shape index (κ2) is 7.70. The first-order chi connectivity index (χ1) is 12.9. The maximum Gasteiger partial charge on any atom is 0.229 e. The van der Waals surface area contributed by atoms with Crippen LogP contribution >= 0.6 is 0 Å². The summed E-state index contributed by atoms with van der Waals surface area (Å²) in [7, 11) is 3.12. The van der Waals surface area contributed by atoms with E-state index in [9.17, 15) is 9.59 Å². The number of para-hydroxylation sites is 1. The first kappa shape index (κ1) is 18.8. The van der Waals surface area contributed by atoms with Crippen LogP contribution in [0.1, 0.15) is 17.5 Å². The molecule has 1 fully saturated rings. The molecule has 1 atom stereocenters. The topological polar surface area (TPSA) is 67.9 Å². The third-order valence-electron chi connectivity index (χ3n) is 4.90. The number of hydrogen-bond donors (Lipinski definition) is 1. The van der Waals surface area contributed by atoms with Gasteiger partial charge < -0.3 is 19.7 Å². The van der Waals surface area contributed by atoms with Gasteiger partial charge in [-0.3, -0.25) is 9.59 Å². The third kappa shape index (κ3) is 3.74. The molecule has 0 unspecified atom stereocenters. The average molecular weight is 368 g/mol. The van der Waals surface area contributed by atoms with Crippen molar-refractivity contribution in [3.8, 4) is 11.5 Å². The number of ether oxygens (including phenoxy) is 2. The monoisotopic (exact) mass is 368 g/mol. The number of amides is 2. The molecule has 0 aromatic heterocycles. The number of nitrogens with one attached hydrogen (secondary N) is 1. The highest BCUT2D eigenvalue weighted by Gasteiger charge is 2.36. The van der Waals surface area contributed by atoms with E-state index in [1.54, 1.807) is 37.3 Å². The molecule has 2 amide bonds. The largest absolute Gasteiger partial charge is 0.497 e. The van der Waals surface area contributed by atoms with Crippen LogP contribution in [0.5, 0.6) is 11.5 Å². The summed E-state index contributed by atoms with van der Waals surface area (Å²) in [6.45, 7) is 4.23. The molecule has 1 heterocycles. The molecule has 1 saturated heterocycles. The van der Waals surface area contributed by atoms with Crippen LogP contribution in [0.4, 0.5) is 11.4 Å². The minimum atomic E-state index is -0.414. The van der Waals surface area contributed by atoms with Crippen LogP contribution in [-0.4, -0.2) is 32.6 Å². The van der Waals surface area contributed by atoms with Crippen LogP contribution in [0.3, 0.4) is 0 Å². The predicted molar refractivity (Wildman–Crippen MR) is 105 cm³/mol. The lowest BCUT2D eigenvalue weighted by atomic mass is 10.1. The fourth-order valence-electron chi connectivity index (χ4n) is 3.36. The number of carbonyl (C=O) groups is 2. The Labute approximate surface area is 159 Å². The highest BCUT2D eigenvalue weighted by Crippen LogP contribution is 2.36. The van der Waals surface area contributed by atoms with E-state index >= 15 is 0 Å². The van der Waals surface area contributed by atoms with Crippen molar-refractivity contribution in [2.75, 3.05) is 31.0 Å². The zero-order valence-corrected chi connectivity index (χ0v) is 16.0. The van der Waals surface area contributed by atoms with Crippen LogP contribution in [0, 0.1) is 19.8 Å². The first-order valence-corrected chi connectivity index (χ1v) is 8.84. The summed E-state index contributed by atoms with van der Waals surface area (Å²) in [6.07, 6.45) is 0.173. The summed E-state index contributed by atoms with van der Waals surface area (Å²) in [6, 6.07) is 11.1. The number of hydrogen-bond acceptors (Lipinski definition) is 4. The Bertz CT molecular complexity index is 858. The van der Waals surface area contributed by atoms with Gasteiger partial charge >= 0.3 is 0 Å². The number of carbonyl (C=O) groups excluding carboxylic acids is 2. The minimum absolute atomic E-state index is 0.0971. The van der Waals surface area contributed by atoms with Gasteiger partial charge in [-0.25, -0.2) is 0 Å².